The average molecular weight is 369 g/mol. The highest BCUT2D eigenvalue weighted by atomic mass is 79.9. The minimum atomic E-state index is -0.530. The van der Waals surface area contributed by atoms with Crippen LogP contribution in [0, 0.1) is 5.92 Å². The second-order valence-electron chi connectivity index (χ2n) is 5.61. The van der Waals surface area contributed by atoms with Crippen molar-refractivity contribution in [2.75, 3.05) is 26.3 Å². The second kappa shape index (κ2) is 7.74. The predicted molar refractivity (Wildman–Crippen MR) is 87.6 cm³/mol. The maximum atomic E-state index is 12.6. The molecule has 0 radical (unpaired) electrons. The van der Waals surface area contributed by atoms with E-state index in [1.807, 2.05) is 26.0 Å². The van der Waals surface area contributed by atoms with Crippen LogP contribution < -0.4 is 5.32 Å². The molecule has 1 aliphatic rings. The lowest BCUT2D eigenvalue weighted by Gasteiger charge is -2.32. The van der Waals surface area contributed by atoms with E-state index in [2.05, 4.69) is 21.2 Å². The van der Waals surface area contributed by atoms with Gasteiger partial charge in [0.15, 0.2) is 0 Å². The summed E-state index contributed by atoms with van der Waals surface area (Å²) in [5, 5.41) is 2.87. The van der Waals surface area contributed by atoms with Crippen LogP contribution in [-0.2, 0) is 9.53 Å². The molecule has 5 nitrogen and oxygen atoms in total. The molecule has 1 heterocycles. The van der Waals surface area contributed by atoms with Gasteiger partial charge in [-0.1, -0.05) is 26.0 Å². The Morgan fingerprint density at radius 3 is 2.45 bits per heavy atom. The summed E-state index contributed by atoms with van der Waals surface area (Å²) in [5.74, 6) is -0.270. The molecule has 0 aromatic heterocycles. The lowest BCUT2D eigenvalue weighted by Crippen LogP contribution is -2.53. The van der Waals surface area contributed by atoms with Gasteiger partial charge in [0.2, 0.25) is 5.91 Å². The van der Waals surface area contributed by atoms with Crippen LogP contribution in [0.4, 0.5) is 0 Å². The number of carbonyl (C=O) groups is 2. The summed E-state index contributed by atoms with van der Waals surface area (Å²) >= 11 is 3.36. The minimum absolute atomic E-state index is 0.0155. The molecule has 1 aliphatic heterocycles. The van der Waals surface area contributed by atoms with E-state index in [1.54, 1.807) is 17.0 Å². The van der Waals surface area contributed by atoms with E-state index in [-0.39, 0.29) is 17.7 Å². The van der Waals surface area contributed by atoms with Gasteiger partial charge in [0.25, 0.3) is 5.91 Å². The standard InChI is InChI=1S/C16H21BrN2O3/c1-11(2)14(16(21)19-7-9-22-10-8-19)18-15(20)12-5-3-4-6-13(12)17/h3-6,11,14H,7-10H2,1-2H3,(H,18,20). The molecule has 2 amide bonds. The molecule has 1 aromatic rings. The Morgan fingerprint density at radius 1 is 1.23 bits per heavy atom. The van der Waals surface area contributed by atoms with Crippen molar-refractivity contribution in [1.82, 2.24) is 10.2 Å². The Morgan fingerprint density at radius 2 is 1.86 bits per heavy atom. The van der Waals surface area contributed by atoms with E-state index in [0.29, 0.717) is 36.3 Å². The summed E-state index contributed by atoms with van der Waals surface area (Å²) in [6, 6.07) is 6.66. The molecule has 1 aromatic carbocycles. The number of halogens is 1. The maximum absolute atomic E-state index is 12.6. The Bertz CT molecular complexity index is 542. The molecule has 1 unspecified atom stereocenters. The number of amides is 2. The average Bonchev–Trinajstić information content (AvgIpc) is 2.52. The lowest BCUT2D eigenvalue weighted by atomic mass is 10.0. The summed E-state index contributed by atoms with van der Waals surface area (Å²) < 4.78 is 5.99. The van der Waals surface area contributed by atoms with Crippen LogP contribution in [0.25, 0.3) is 0 Å². The zero-order valence-corrected chi connectivity index (χ0v) is 14.4. The van der Waals surface area contributed by atoms with Crippen LogP contribution in [-0.4, -0.2) is 49.1 Å². The Hall–Kier alpha value is -1.40. The smallest absolute Gasteiger partial charge is 0.253 e. The summed E-state index contributed by atoms with van der Waals surface area (Å²) in [6.45, 7) is 6.12. The first-order chi connectivity index (χ1) is 10.5. The van der Waals surface area contributed by atoms with Crippen LogP contribution in [0.1, 0.15) is 24.2 Å². The molecule has 0 aliphatic carbocycles. The molecule has 1 saturated heterocycles. The summed E-state index contributed by atoms with van der Waals surface area (Å²) in [6.07, 6.45) is 0. The molecule has 0 spiro atoms. The van der Waals surface area contributed by atoms with Crippen molar-refractivity contribution in [3.8, 4) is 0 Å². The molecule has 6 heteroatoms. The maximum Gasteiger partial charge on any atom is 0.253 e. The van der Waals surface area contributed by atoms with Crippen molar-refractivity contribution in [1.29, 1.82) is 0 Å². The molecule has 1 fully saturated rings. The first-order valence-electron chi connectivity index (χ1n) is 7.42. The van der Waals surface area contributed by atoms with E-state index < -0.39 is 6.04 Å². The van der Waals surface area contributed by atoms with Crippen LogP contribution >= 0.6 is 15.9 Å². The summed E-state index contributed by atoms with van der Waals surface area (Å²) in [7, 11) is 0. The van der Waals surface area contributed by atoms with E-state index in [0.717, 1.165) is 0 Å². The minimum Gasteiger partial charge on any atom is -0.378 e. The van der Waals surface area contributed by atoms with E-state index in [4.69, 9.17) is 4.74 Å². The number of nitrogens with zero attached hydrogens (tertiary/aromatic N) is 1. The number of benzene rings is 1. The number of hydrogen-bond acceptors (Lipinski definition) is 3. The molecule has 1 N–H and O–H groups in total. The first kappa shape index (κ1) is 17.0. The molecule has 22 heavy (non-hydrogen) atoms. The monoisotopic (exact) mass is 368 g/mol. The largest absolute Gasteiger partial charge is 0.378 e. The summed E-state index contributed by atoms with van der Waals surface area (Å²) in [4.78, 5) is 26.8. The summed E-state index contributed by atoms with van der Waals surface area (Å²) in [5.41, 5.74) is 0.530. The fraction of sp³-hybridized carbons (Fsp3) is 0.500. The molecular weight excluding hydrogens is 348 g/mol. The van der Waals surface area contributed by atoms with Crippen molar-refractivity contribution in [2.45, 2.75) is 19.9 Å². The molecular formula is C16H21BrN2O3. The molecule has 0 bridgehead atoms. The van der Waals surface area contributed by atoms with Crippen molar-refractivity contribution in [3.05, 3.63) is 34.3 Å². The Kier molecular flexibility index (Phi) is 5.97. The first-order valence-corrected chi connectivity index (χ1v) is 8.22. The Labute approximate surface area is 139 Å². The number of morpholine rings is 1. The van der Waals surface area contributed by atoms with E-state index in [9.17, 15) is 9.59 Å². The highest BCUT2D eigenvalue weighted by molar-refractivity contribution is 9.10. The topological polar surface area (TPSA) is 58.6 Å². The van der Waals surface area contributed by atoms with Gasteiger partial charge < -0.3 is 15.0 Å². The third-order valence-corrected chi connectivity index (χ3v) is 4.35. The molecule has 1 atom stereocenters. The van der Waals surface area contributed by atoms with Crippen molar-refractivity contribution < 1.29 is 14.3 Å². The number of carbonyl (C=O) groups excluding carboxylic acids is 2. The van der Waals surface area contributed by atoms with E-state index in [1.165, 1.54) is 0 Å². The fourth-order valence-electron chi connectivity index (χ4n) is 2.36. The van der Waals surface area contributed by atoms with Crippen molar-refractivity contribution in [3.63, 3.8) is 0 Å². The lowest BCUT2D eigenvalue weighted by molar-refractivity contribution is -0.138. The third kappa shape index (κ3) is 4.08. The Balaban J connectivity index is 2.10. The highest BCUT2D eigenvalue weighted by Crippen LogP contribution is 2.17. The quantitative estimate of drug-likeness (QED) is 0.884. The van der Waals surface area contributed by atoms with Crippen molar-refractivity contribution >= 4 is 27.7 Å². The number of ether oxygens (including phenoxy) is 1. The number of hydrogen-bond donors (Lipinski definition) is 1. The van der Waals surface area contributed by atoms with E-state index >= 15 is 0 Å². The predicted octanol–water partition coefficient (Wildman–Crippen LogP) is 2.06. The highest BCUT2D eigenvalue weighted by Gasteiger charge is 2.30. The molecule has 120 valence electrons. The van der Waals surface area contributed by atoms with Crippen LogP contribution in [0.2, 0.25) is 0 Å². The molecule has 0 saturated carbocycles. The molecule has 2 rings (SSSR count). The SMILES string of the molecule is CC(C)C(NC(=O)c1ccccc1Br)C(=O)N1CCOCC1. The van der Waals surface area contributed by atoms with Gasteiger partial charge in [0, 0.05) is 17.6 Å². The van der Waals surface area contributed by atoms with Gasteiger partial charge in [-0.3, -0.25) is 9.59 Å². The van der Waals surface area contributed by atoms with Crippen LogP contribution in [0.3, 0.4) is 0 Å². The van der Waals surface area contributed by atoms with Gasteiger partial charge in [-0.15, -0.1) is 0 Å². The second-order valence-corrected chi connectivity index (χ2v) is 6.47. The zero-order valence-electron chi connectivity index (χ0n) is 12.8. The van der Waals surface area contributed by atoms with Gasteiger partial charge in [-0.25, -0.2) is 0 Å². The van der Waals surface area contributed by atoms with Crippen LogP contribution in [0.5, 0.6) is 0 Å². The number of nitrogens with one attached hydrogen (secondary N) is 1. The van der Waals surface area contributed by atoms with Crippen molar-refractivity contribution in [2.24, 2.45) is 5.92 Å². The zero-order chi connectivity index (χ0) is 16.1. The fourth-order valence-corrected chi connectivity index (χ4v) is 2.82. The van der Waals surface area contributed by atoms with Crippen LogP contribution in [0.15, 0.2) is 28.7 Å². The number of rotatable bonds is 4. The van der Waals surface area contributed by atoms with Gasteiger partial charge in [0.1, 0.15) is 6.04 Å². The van der Waals surface area contributed by atoms with Gasteiger partial charge in [0.05, 0.1) is 18.8 Å². The normalized spacial score (nSPS) is 16.5. The third-order valence-electron chi connectivity index (χ3n) is 3.66. The van der Waals surface area contributed by atoms with Gasteiger partial charge in [-0.05, 0) is 34.0 Å². The van der Waals surface area contributed by atoms with Gasteiger partial charge >= 0.3 is 0 Å². The van der Waals surface area contributed by atoms with Gasteiger partial charge in [-0.2, -0.15) is 0 Å².